The first-order chi connectivity index (χ1) is 24.3. The Bertz CT molecular complexity index is 2130. The quantitative estimate of drug-likeness (QED) is 0.138. The van der Waals surface area contributed by atoms with Gasteiger partial charge in [0.25, 0.3) is 5.91 Å². The third-order valence-electron chi connectivity index (χ3n) is 9.34. The van der Waals surface area contributed by atoms with E-state index in [4.69, 9.17) is 26.1 Å². The number of hydrogen-bond donors (Lipinski definition) is 4. The van der Waals surface area contributed by atoms with Gasteiger partial charge in [0.2, 0.25) is 0 Å². The molecule has 0 saturated carbocycles. The molecule has 4 N–H and O–H groups in total. The van der Waals surface area contributed by atoms with Crippen LogP contribution in [0.4, 0.5) is 4.39 Å². The van der Waals surface area contributed by atoms with E-state index in [-0.39, 0.29) is 30.2 Å². The van der Waals surface area contributed by atoms with E-state index in [0.29, 0.717) is 53.8 Å². The van der Waals surface area contributed by atoms with Crippen molar-refractivity contribution in [1.82, 2.24) is 35.1 Å². The van der Waals surface area contributed by atoms with Crippen LogP contribution in [0, 0.1) is 11.7 Å². The molecule has 50 heavy (non-hydrogen) atoms. The number of benzene rings is 3. The minimum atomic E-state index is -0.374. The number of nitrogens with zero attached hydrogens (tertiary/aromatic N) is 3. The highest BCUT2D eigenvalue weighted by molar-refractivity contribution is 6.30. The molecule has 2 aliphatic rings. The fraction of sp³-hybridized carbons (Fsp3) is 0.324. The predicted octanol–water partition coefficient (Wildman–Crippen LogP) is 5.37. The van der Waals surface area contributed by atoms with Crippen LogP contribution in [0.1, 0.15) is 40.2 Å². The molecule has 0 radical (unpaired) electrons. The van der Waals surface area contributed by atoms with Gasteiger partial charge in [0.1, 0.15) is 17.9 Å². The number of dihydropyridines is 1. The molecule has 5 aromatic rings. The average Bonchev–Trinajstić information content (AvgIpc) is 3.67. The van der Waals surface area contributed by atoms with Crippen molar-refractivity contribution in [3.8, 4) is 0 Å². The monoisotopic (exact) mass is 699 g/mol. The minimum Gasteiger partial charge on any atom is -0.383 e. The van der Waals surface area contributed by atoms with Crippen LogP contribution in [0.25, 0.3) is 22.1 Å². The summed E-state index contributed by atoms with van der Waals surface area (Å²) in [5, 5.41) is 6.83. The molecule has 1 unspecified atom stereocenters. The minimum absolute atomic E-state index is 0.141. The van der Waals surface area contributed by atoms with Crippen molar-refractivity contribution in [2.45, 2.75) is 45.3 Å². The van der Waals surface area contributed by atoms with Crippen LogP contribution in [-0.4, -0.2) is 63.4 Å². The molecule has 2 aliphatic heterocycles. The molecule has 4 heterocycles. The maximum atomic E-state index is 14.2. The SMILES string of the molecule is COCCn1c(CN2CCC(C3=CC=CC(OCc4ccc(Cl)cc4F)N3)CC2)nc2cc(C(=O)NCc3ccc4[nH]c(=O)[nH]c4c3)ccc21. The van der Waals surface area contributed by atoms with Crippen molar-refractivity contribution in [2.75, 3.05) is 26.8 Å². The number of aromatic nitrogens is 4. The van der Waals surface area contributed by atoms with Gasteiger partial charge in [0.05, 0.1) is 41.8 Å². The van der Waals surface area contributed by atoms with Crippen LogP contribution < -0.4 is 16.3 Å². The highest BCUT2D eigenvalue weighted by Gasteiger charge is 2.26. The standard InChI is InChI=1S/C37H39ClFN7O4/c1-49-16-15-46-33-10-7-25(36(47)40-20-23-5-9-30-31(17-23)44-37(48)43-30)18-32(33)41-34(46)21-45-13-11-24(12-14-45)29-3-2-4-35(42-29)50-22-26-6-8-27(38)19-28(26)39/h2-10,17-19,24,35,42H,11-16,20-22H2,1H3,(H,40,47)(H2,43,44,48). The first-order valence-electron chi connectivity index (χ1n) is 16.7. The Labute approximate surface area is 293 Å². The number of allylic oxidation sites excluding steroid dienone is 3. The second kappa shape index (κ2) is 15.0. The Balaban J connectivity index is 0.960. The summed E-state index contributed by atoms with van der Waals surface area (Å²) in [7, 11) is 1.69. The zero-order valence-corrected chi connectivity index (χ0v) is 28.4. The molecule has 3 aromatic carbocycles. The molecule has 2 aromatic heterocycles. The number of carbonyl (C=O) groups is 1. The molecule has 0 aliphatic carbocycles. The van der Waals surface area contributed by atoms with E-state index in [1.165, 1.54) is 6.07 Å². The molecule has 7 rings (SSSR count). The van der Waals surface area contributed by atoms with E-state index < -0.39 is 0 Å². The number of piperidine rings is 1. The summed E-state index contributed by atoms with van der Waals surface area (Å²) in [6.07, 6.45) is 7.64. The van der Waals surface area contributed by atoms with Gasteiger partial charge in [0, 0.05) is 48.0 Å². The molecule has 0 bridgehead atoms. The van der Waals surface area contributed by atoms with Crippen LogP contribution >= 0.6 is 11.6 Å². The Morgan fingerprint density at radius 3 is 2.74 bits per heavy atom. The van der Waals surface area contributed by atoms with E-state index in [9.17, 15) is 14.0 Å². The molecule has 1 saturated heterocycles. The largest absolute Gasteiger partial charge is 0.383 e. The zero-order chi connectivity index (χ0) is 34.6. The number of halogens is 2. The average molecular weight is 700 g/mol. The van der Waals surface area contributed by atoms with E-state index >= 15 is 0 Å². The van der Waals surface area contributed by atoms with Gasteiger partial charge in [0.15, 0.2) is 0 Å². The second-order valence-electron chi connectivity index (χ2n) is 12.7. The molecule has 1 fully saturated rings. The van der Waals surface area contributed by atoms with Crippen molar-refractivity contribution in [3.05, 3.63) is 122 Å². The van der Waals surface area contributed by atoms with Crippen molar-refractivity contribution in [2.24, 2.45) is 5.92 Å². The maximum absolute atomic E-state index is 14.2. The summed E-state index contributed by atoms with van der Waals surface area (Å²) in [5.74, 6) is 0.716. The van der Waals surface area contributed by atoms with Crippen LogP contribution in [0.15, 0.2) is 83.3 Å². The summed E-state index contributed by atoms with van der Waals surface area (Å²) in [6, 6.07) is 15.8. The zero-order valence-electron chi connectivity index (χ0n) is 27.7. The molecular weight excluding hydrogens is 661 g/mol. The lowest BCUT2D eigenvalue weighted by Crippen LogP contribution is -2.39. The number of nitrogens with one attached hydrogen (secondary N) is 4. The van der Waals surface area contributed by atoms with Crippen LogP contribution in [0.5, 0.6) is 0 Å². The molecule has 1 atom stereocenters. The molecule has 260 valence electrons. The summed E-state index contributed by atoms with van der Waals surface area (Å²) < 4.78 is 27.8. The maximum Gasteiger partial charge on any atom is 0.323 e. The van der Waals surface area contributed by atoms with Crippen molar-refractivity contribution in [3.63, 3.8) is 0 Å². The smallest absolute Gasteiger partial charge is 0.323 e. The number of aromatic amines is 2. The van der Waals surface area contributed by atoms with E-state index in [1.807, 2.05) is 48.6 Å². The van der Waals surface area contributed by atoms with Crippen molar-refractivity contribution < 1.29 is 18.7 Å². The normalized spacial score (nSPS) is 16.9. The second-order valence-corrected chi connectivity index (χ2v) is 13.1. The first kappa shape index (κ1) is 33.7. The van der Waals surface area contributed by atoms with Gasteiger partial charge in [-0.05, 0) is 86.1 Å². The van der Waals surface area contributed by atoms with Crippen LogP contribution in [0.2, 0.25) is 5.02 Å². The van der Waals surface area contributed by atoms with Crippen LogP contribution in [-0.2, 0) is 35.7 Å². The lowest BCUT2D eigenvalue weighted by Gasteiger charge is -2.35. The summed E-state index contributed by atoms with van der Waals surface area (Å²) in [5.41, 5.74) is 5.88. The van der Waals surface area contributed by atoms with Gasteiger partial charge in [-0.3, -0.25) is 9.69 Å². The molecular formula is C37H39ClFN7O4. The van der Waals surface area contributed by atoms with Crippen molar-refractivity contribution in [1.29, 1.82) is 0 Å². The summed E-state index contributed by atoms with van der Waals surface area (Å²) in [4.78, 5) is 37.6. The topological polar surface area (TPSA) is 129 Å². The molecule has 1 amide bonds. The number of methoxy groups -OCH3 is 1. The van der Waals surface area contributed by atoms with Gasteiger partial charge in [-0.1, -0.05) is 29.8 Å². The Morgan fingerprint density at radius 1 is 1.08 bits per heavy atom. The first-order valence-corrected chi connectivity index (χ1v) is 17.1. The van der Waals surface area contributed by atoms with Gasteiger partial charge < -0.3 is 34.6 Å². The molecule has 13 heteroatoms. The van der Waals surface area contributed by atoms with Crippen molar-refractivity contribution >= 4 is 39.6 Å². The summed E-state index contributed by atoms with van der Waals surface area (Å²) >= 11 is 5.88. The highest BCUT2D eigenvalue weighted by Crippen LogP contribution is 2.28. The van der Waals surface area contributed by atoms with Gasteiger partial charge in [-0.2, -0.15) is 0 Å². The fourth-order valence-electron chi connectivity index (χ4n) is 6.64. The summed E-state index contributed by atoms with van der Waals surface area (Å²) in [6.45, 7) is 4.14. The number of amides is 1. The Kier molecular flexibility index (Phi) is 10.1. The lowest BCUT2D eigenvalue weighted by atomic mass is 9.92. The van der Waals surface area contributed by atoms with Gasteiger partial charge >= 0.3 is 5.69 Å². The van der Waals surface area contributed by atoms with Gasteiger partial charge in [-0.25, -0.2) is 14.2 Å². The van der Waals surface area contributed by atoms with E-state index in [1.54, 1.807) is 19.2 Å². The number of imidazole rings is 2. The van der Waals surface area contributed by atoms with Crippen LogP contribution in [0.3, 0.4) is 0 Å². The molecule has 0 spiro atoms. The number of likely N-dealkylation sites (tertiary alicyclic amines) is 1. The van der Waals surface area contributed by atoms with E-state index in [0.717, 1.165) is 59.6 Å². The Morgan fingerprint density at radius 2 is 1.92 bits per heavy atom. The number of ether oxygens (including phenoxy) is 2. The predicted molar refractivity (Wildman–Crippen MR) is 190 cm³/mol. The highest BCUT2D eigenvalue weighted by atomic mass is 35.5. The third-order valence-corrected chi connectivity index (χ3v) is 9.57. The molecule has 11 nitrogen and oxygen atoms in total. The lowest BCUT2D eigenvalue weighted by molar-refractivity contribution is 0.0497. The number of H-pyrrole nitrogens is 2. The number of hydrogen-bond acceptors (Lipinski definition) is 7. The van der Waals surface area contributed by atoms with E-state index in [2.05, 4.69) is 36.1 Å². The third kappa shape index (κ3) is 7.68. The fourth-order valence-corrected chi connectivity index (χ4v) is 6.80. The Hall–Kier alpha value is -4.75. The van der Waals surface area contributed by atoms with Gasteiger partial charge in [-0.15, -0.1) is 0 Å². The number of carbonyl (C=O) groups excluding carboxylic acids is 1. The number of fused-ring (bicyclic) bond motifs is 2. The number of rotatable bonds is 12.